The molecule has 2 amide bonds. The van der Waals surface area contributed by atoms with Crippen molar-refractivity contribution in [2.24, 2.45) is 11.8 Å². The SMILES string of the molecule is Cc1c(Cl)cccc1NC(=O)C1CC1C(=O)Nc1c(Cl)cccc1Cl. The molecule has 1 aliphatic carbocycles. The Morgan fingerprint density at radius 1 is 0.880 bits per heavy atom. The van der Waals surface area contributed by atoms with E-state index >= 15 is 0 Å². The first-order valence-electron chi connectivity index (χ1n) is 7.69. The van der Waals surface area contributed by atoms with Crippen molar-refractivity contribution < 1.29 is 9.59 Å². The lowest BCUT2D eigenvalue weighted by Crippen LogP contribution is -2.21. The maximum Gasteiger partial charge on any atom is 0.228 e. The Morgan fingerprint density at radius 3 is 2.04 bits per heavy atom. The van der Waals surface area contributed by atoms with Crippen molar-refractivity contribution in [3.63, 3.8) is 0 Å². The van der Waals surface area contributed by atoms with E-state index in [-0.39, 0.29) is 17.7 Å². The molecule has 0 bridgehead atoms. The van der Waals surface area contributed by atoms with E-state index in [0.29, 0.717) is 32.9 Å². The quantitative estimate of drug-likeness (QED) is 0.748. The van der Waals surface area contributed by atoms with Crippen molar-refractivity contribution in [3.05, 3.63) is 57.0 Å². The highest BCUT2D eigenvalue weighted by Gasteiger charge is 2.48. The van der Waals surface area contributed by atoms with Crippen LogP contribution in [0.25, 0.3) is 0 Å². The van der Waals surface area contributed by atoms with Crippen LogP contribution in [0.3, 0.4) is 0 Å². The van der Waals surface area contributed by atoms with Gasteiger partial charge in [-0.3, -0.25) is 9.59 Å². The molecule has 2 aromatic carbocycles. The van der Waals surface area contributed by atoms with Crippen LogP contribution in [0.2, 0.25) is 15.1 Å². The molecule has 1 aliphatic rings. The summed E-state index contributed by atoms with van der Waals surface area (Å²) in [5, 5.41) is 6.83. The maximum absolute atomic E-state index is 12.4. The van der Waals surface area contributed by atoms with Crippen molar-refractivity contribution in [3.8, 4) is 0 Å². The van der Waals surface area contributed by atoms with E-state index in [0.717, 1.165) is 5.56 Å². The van der Waals surface area contributed by atoms with Gasteiger partial charge in [0.05, 0.1) is 27.6 Å². The minimum atomic E-state index is -0.396. The van der Waals surface area contributed by atoms with Crippen molar-refractivity contribution in [1.82, 2.24) is 0 Å². The smallest absolute Gasteiger partial charge is 0.228 e. The zero-order valence-electron chi connectivity index (χ0n) is 13.3. The van der Waals surface area contributed by atoms with Gasteiger partial charge in [0.15, 0.2) is 0 Å². The largest absolute Gasteiger partial charge is 0.326 e. The van der Waals surface area contributed by atoms with Gasteiger partial charge in [-0.2, -0.15) is 0 Å². The summed E-state index contributed by atoms with van der Waals surface area (Å²) in [5.41, 5.74) is 1.81. The minimum Gasteiger partial charge on any atom is -0.326 e. The Hall–Kier alpha value is -1.75. The third-order valence-corrected chi connectivity index (χ3v) is 5.24. The molecule has 0 aliphatic heterocycles. The minimum absolute atomic E-state index is 0.198. The van der Waals surface area contributed by atoms with Crippen LogP contribution in [0.4, 0.5) is 11.4 Å². The predicted molar refractivity (Wildman–Crippen MR) is 102 cm³/mol. The predicted octanol–water partition coefficient (Wildman–Crippen LogP) is 5.17. The summed E-state index contributed by atoms with van der Waals surface area (Å²) in [6, 6.07) is 10.3. The number of anilines is 2. The number of benzene rings is 2. The summed E-state index contributed by atoms with van der Waals surface area (Å²) in [4.78, 5) is 24.7. The van der Waals surface area contributed by atoms with Crippen LogP contribution in [0.1, 0.15) is 12.0 Å². The molecular formula is C18H15Cl3N2O2. The summed E-state index contributed by atoms with van der Waals surface area (Å²) < 4.78 is 0. The van der Waals surface area contributed by atoms with Crippen LogP contribution >= 0.6 is 34.8 Å². The second-order valence-electron chi connectivity index (χ2n) is 5.94. The number of carbonyl (C=O) groups is 2. The second kappa shape index (κ2) is 7.24. The molecule has 7 heteroatoms. The zero-order valence-corrected chi connectivity index (χ0v) is 15.5. The standard InChI is InChI=1S/C18H15Cl3N2O2/c1-9-12(19)4-3-7-15(9)22-17(24)10-8-11(10)18(25)23-16-13(20)5-2-6-14(16)21/h2-7,10-11H,8H2,1H3,(H,22,24)(H,23,25). The van der Waals surface area contributed by atoms with Crippen molar-refractivity contribution >= 4 is 58.0 Å². The van der Waals surface area contributed by atoms with Gasteiger partial charge in [0.1, 0.15) is 0 Å². The maximum atomic E-state index is 12.4. The highest BCUT2D eigenvalue weighted by molar-refractivity contribution is 6.39. The molecule has 3 rings (SSSR count). The molecule has 0 aromatic heterocycles. The summed E-state index contributed by atoms with van der Waals surface area (Å²) >= 11 is 18.1. The molecular weight excluding hydrogens is 383 g/mol. The molecule has 2 aromatic rings. The Kier molecular flexibility index (Phi) is 5.23. The van der Waals surface area contributed by atoms with Gasteiger partial charge in [0.2, 0.25) is 11.8 Å². The van der Waals surface area contributed by atoms with E-state index in [1.54, 1.807) is 36.4 Å². The fourth-order valence-electron chi connectivity index (χ4n) is 2.58. The van der Waals surface area contributed by atoms with Crippen molar-refractivity contribution in [2.45, 2.75) is 13.3 Å². The lowest BCUT2D eigenvalue weighted by molar-refractivity contribution is -0.122. The lowest BCUT2D eigenvalue weighted by atomic mass is 10.2. The topological polar surface area (TPSA) is 58.2 Å². The monoisotopic (exact) mass is 396 g/mol. The molecule has 2 N–H and O–H groups in total. The van der Waals surface area contributed by atoms with Crippen LogP contribution in [-0.2, 0) is 9.59 Å². The fourth-order valence-corrected chi connectivity index (χ4v) is 3.24. The van der Waals surface area contributed by atoms with Crippen LogP contribution in [0.5, 0.6) is 0 Å². The Labute approximate surface area is 160 Å². The van der Waals surface area contributed by atoms with E-state index in [1.165, 1.54) is 0 Å². The van der Waals surface area contributed by atoms with E-state index < -0.39 is 5.92 Å². The van der Waals surface area contributed by atoms with E-state index in [9.17, 15) is 9.59 Å². The zero-order chi connectivity index (χ0) is 18.1. The van der Waals surface area contributed by atoms with Gasteiger partial charge in [0, 0.05) is 10.7 Å². The third-order valence-electron chi connectivity index (χ3n) is 4.20. The van der Waals surface area contributed by atoms with Crippen molar-refractivity contribution in [2.75, 3.05) is 10.6 Å². The van der Waals surface area contributed by atoms with Crippen LogP contribution < -0.4 is 10.6 Å². The van der Waals surface area contributed by atoms with E-state index in [2.05, 4.69) is 10.6 Å². The van der Waals surface area contributed by atoms with Crippen molar-refractivity contribution in [1.29, 1.82) is 0 Å². The molecule has 1 fully saturated rings. The van der Waals surface area contributed by atoms with Gasteiger partial charge in [-0.15, -0.1) is 0 Å². The average molecular weight is 398 g/mol. The first-order chi connectivity index (χ1) is 11.9. The van der Waals surface area contributed by atoms with Gasteiger partial charge in [-0.1, -0.05) is 46.9 Å². The number of nitrogens with one attached hydrogen (secondary N) is 2. The molecule has 0 heterocycles. The molecule has 0 spiro atoms. The number of hydrogen-bond acceptors (Lipinski definition) is 2. The van der Waals surface area contributed by atoms with Gasteiger partial charge in [-0.05, 0) is 43.2 Å². The number of para-hydroxylation sites is 1. The number of rotatable bonds is 4. The van der Waals surface area contributed by atoms with Gasteiger partial charge in [0.25, 0.3) is 0 Å². The lowest BCUT2D eigenvalue weighted by Gasteiger charge is -2.10. The fraction of sp³-hybridized carbons (Fsp3) is 0.222. The number of amides is 2. The molecule has 2 unspecified atom stereocenters. The van der Waals surface area contributed by atoms with Crippen LogP contribution in [0, 0.1) is 18.8 Å². The normalized spacial score (nSPS) is 18.6. The molecule has 0 saturated heterocycles. The molecule has 2 atom stereocenters. The molecule has 4 nitrogen and oxygen atoms in total. The van der Waals surface area contributed by atoms with Gasteiger partial charge < -0.3 is 10.6 Å². The summed E-state index contributed by atoms with van der Waals surface area (Å²) in [6.07, 6.45) is 0.485. The number of hydrogen-bond donors (Lipinski definition) is 2. The Morgan fingerprint density at radius 2 is 1.40 bits per heavy atom. The average Bonchev–Trinajstić information content (AvgIpc) is 3.36. The van der Waals surface area contributed by atoms with Crippen LogP contribution in [-0.4, -0.2) is 11.8 Å². The molecule has 130 valence electrons. The highest BCUT2D eigenvalue weighted by atomic mass is 35.5. The summed E-state index contributed by atoms with van der Waals surface area (Å²) in [5.74, 6) is -1.24. The first-order valence-corrected chi connectivity index (χ1v) is 8.82. The van der Waals surface area contributed by atoms with E-state index in [4.69, 9.17) is 34.8 Å². The molecule has 25 heavy (non-hydrogen) atoms. The highest BCUT2D eigenvalue weighted by Crippen LogP contribution is 2.41. The number of carbonyl (C=O) groups excluding carboxylic acids is 2. The molecule has 0 radical (unpaired) electrons. The van der Waals surface area contributed by atoms with Gasteiger partial charge in [-0.25, -0.2) is 0 Å². The number of halogens is 3. The third kappa shape index (κ3) is 3.92. The first kappa shape index (κ1) is 18.1. The summed E-state index contributed by atoms with van der Waals surface area (Å²) in [6.45, 7) is 1.83. The van der Waals surface area contributed by atoms with Gasteiger partial charge >= 0.3 is 0 Å². The Balaban J connectivity index is 1.63. The molecule has 1 saturated carbocycles. The second-order valence-corrected chi connectivity index (χ2v) is 7.16. The summed E-state index contributed by atoms with van der Waals surface area (Å²) in [7, 11) is 0. The van der Waals surface area contributed by atoms with Crippen LogP contribution in [0.15, 0.2) is 36.4 Å². The van der Waals surface area contributed by atoms with E-state index in [1.807, 2.05) is 6.92 Å². The Bertz CT molecular complexity index is 834.